The SMILES string of the molecule is COC(=O)c1cc(C)c(N)c(C#N)c1. The van der Waals surface area contributed by atoms with Crippen LogP contribution in [0.4, 0.5) is 5.69 Å². The van der Waals surface area contributed by atoms with E-state index in [1.165, 1.54) is 13.2 Å². The zero-order valence-corrected chi connectivity index (χ0v) is 8.00. The summed E-state index contributed by atoms with van der Waals surface area (Å²) in [6.07, 6.45) is 0. The van der Waals surface area contributed by atoms with E-state index < -0.39 is 5.97 Å². The van der Waals surface area contributed by atoms with E-state index in [0.29, 0.717) is 22.4 Å². The Morgan fingerprint density at radius 1 is 1.57 bits per heavy atom. The molecule has 0 amide bonds. The van der Waals surface area contributed by atoms with Crippen molar-refractivity contribution in [3.8, 4) is 6.07 Å². The second-order valence-electron chi connectivity index (χ2n) is 2.86. The Labute approximate surface area is 81.9 Å². The van der Waals surface area contributed by atoms with Crippen molar-refractivity contribution in [2.24, 2.45) is 0 Å². The van der Waals surface area contributed by atoms with Crippen molar-refractivity contribution < 1.29 is 9.53 Å². The molecular formula is C10H10N2O2. The quantitative estimate of drug-likeness (QED) is 0.533. The lowest BCUT2D eigenvalue weighted by molar-refractivity contribution is 0.0600. The maximum absolute atomic E-state index is 11.2. The van der Waals surface area contributed by atoms with Gasteiger partial charge >= 0.3 is 5.97 Å². The predicted molar refractivity (Wildman–Crippen MR) is 51.6 cm³/mol. The average Bonchev–Trinajstić information content (AvgIpc) is 2.20. The number of hydrogen-bond donors (Lipinski definition) is 1. The number of anilines is 1. The summed E-state index contributed by atoms with van der Waals surface area (Å²) in [6, 6.07) is 4.95. The van der Waals surface area contributed by atoms with E-state index in [9.17, 15) is 4.79 Å². The molecule has 0 radical (unpaired) electrons. The molecule has 0 saturated heterocycles. The third-order valence-electron chi connectivity index (χ3n) is 1.93. The molecule has 14 heavy (non-hydrogen) atoms. The van der Waals surface area contributed by atoms with Gasteiger partial charge in [-0.25, -0.2) is 4.79 Å². The summed E-state index contributed by atoms with van der Waals surface area (Å²) >= 11 is 0. The van der Waals surface area contributed by atoms with Gasteiger partial charge in [-0.3, -0.25) is 0 Å². The Balaban J connectivity index is 3.32. The highest BCUT2D eigenvalue weighted by Gasteiger charge is 2.10. The lowest BCUT2D eigenvalue weighted by Gasteiger charge is -2.05. The van der Waals surface area contributed by atoms with Crippen LogP contribution in [-0.2, 0) is 4.74 Å². The number of aryl methyl sites for hydroxylation is 1. The van der Waals surface area contributed by atoms with Gasteiger partial charge in [-0.1, -0.05) is 0 Å². The van der Waals surface area contributed by atoms with Crippen molar-refractivity contribution in [1.82, 2.24) is 0 Å². The number of carbonyl (C=O) groups is 1. The number of carbonyl (C=O) groups excluding carboxylic acids is 1. The van der Waals surface area contributed by atoms with Gasteiger partial charge in [0.15, 0.2) is 0 Å². The molecule has 0 bridgehead atoms. The molecule has 1 aromatic rings. The molecule has 0 atom stereocenters. The fourth-order valence-corrected chi connectivity index (χ4v) is 1.13. The lowest BCUT2D eigenvalue weighted by Crippen LogP contribution is -2.04. The van der Waals surface area contributed by atoms with E-state index in [2.05, 4.69) is 4.74 Å². The summed E-state index contributed by atoms with van der Waals surface area (Å²) in [5, 5.41) is 8.74. The Kier molecular flexibility index (Phi) is 2.73. The molecule has 0 unspecified atom stereocenters. The molecule has 1 aromatic carbocycles. The predicted octanol–water partition coefficient (Wildman–Crippen LogP) is 1.24. The molecule has 0 saturated carbocycles. The number of nitrogens with two attached hydrogens (primary N) is 1. The number of nitrogen functional groups attached to an aromatic ring is 1. The molecule has 0 aliphatic heterocycles. The molecule has 0 aliphatic rings. The van der Waals surface area contributed by atoms with Crippen molar-refractivity contribution in [3.63, 3.8) is 0 Å². The number of ether oxygens (including phenoxy) is 1. The van der Waals surface area contributed by atoms with Crippen LogP contribution in [0.5, 0.6) is 0 Å². The molecule has 4 heteroatoms. The number of nitrogens with zero attached hydrogens (tertiary/aromatic N) is 1. The minimum atomic E-state index is -0.468. The van der Waals surface area contributed by atoms with Crippen LogP contribution in [-0.4, -0.2) is 13.1 Å². The largest absolute Gasteiger partial charge is 0.465 e. The third-order valence-corrected chi connectivity index (χ3v) is 1.93. The van der Waals surface area contributed by atoms with Crippen molar-refractivity contribution in [2.45, 2.75) is 6.92 Å². The summed E-state index contributed by atoms with van der Waals surface area (Å²) in [7, 11) is 1.29. The number of methoxy groups -OCH3 is 1. The van der Waals surface area contributed by atoms with Gasteiger partial charge in [-0.15, -0.1) is 0 Å². The first-order valence-corrected chi connectivity index (χ1v) is 3.98. The molecule has 72 valence electrons. The molecule has 0 spiro atoms. The normalized spacial score (nSPS) is 9.21. The lowest BCUT2D eigenvalue weighted by atomic mass is 10.0. The Morgan fingerprint density at radius 2 is 2.21 bits per heavy atom. The fourth-order valence-electron chi connectivity index (χ4n) is 1.13. The van der Waals surface area contributed by atoms with Crippen LogP contribution in [0.15, 0.2) is 12.1 Å². The van der Waals surface area contributed by atoms with Crippen LogP contribution in [0.2, 0.25) is 0 Å². The molecule has 0 heterocycles. The van der Waals surface area contributed by atoms with Crippen LogP contribution < -0.4 is 5.73 Å². The van der Waals surface area contributed by atoms with E-state index in [1.54, 1.807) is 13.0 Å². The number of rotatable bonds is 1. The Hall–Kier alpha value is -2.02. The summed E-state index contributed by atoms with van der Waals surface area (Å²) in [6.45, 7) is 1.74. The van der Waals surface area contributed by atoms with Crippen LogP contribution in [0.3, 0.4) is 0 Å². The van der Waals surface area contributed by atoms with E-state index in [1.807, 2.05) is 6.07 Å². The Morgan fingerprint density at radius 3 is 2.71 bits per heavy atom. The molecule has 1 rings (SSSR count). The van der Waals surface area contributed by atoms with Gasteiger partial charge in [0.05, 0.1) is 23.9 Å². The maximum Gasteiger partial charge on any atom is 0.337 e. The first-order valence-electron chi connectivity index (χ1n) is 3.98. The summed E-state index contributed by atoms with van der Waals surface area (Å²) in [5.41, 5.74) is 7.37. The summed E-state index contributed by atoms with van der Waals surface area (Å²) < 4.78 is 4.54. The topological polar surface area (TPSA) is 76.1 Å². The summed E-state index contributed by atoms with van der Waals surface area (Å²) in [4.78, 5) is 11.2. The molecule has 2 N–H and O–H groups in total. The van der Waals surface area contributed by atoms with E-state index >= 15 is 0 Å². The number of benzene rings is 1. The third kappa shape index (κ3) is 1.67. The summed E-state index contributed by atoms with van der Waals surface area (Å²) in [5.74, 6) is -0.468. The van der Waals surface area contributed by atoms with Crippen LogP contribution in [0.1, 0.15) is 21.5 Å². The molecular weight excluding hydrogens is 180 g/mol. The van der Waals surface area contributed by atoms with Gasteiger partial charge in [-0.2, -0.15) is 5.26 Å². The zero-order valence-electron chi connectivity index (χ0n) is 8.00. The molecule has 0 fully saturated rings. The first kappa shape index (κ1) is 10.1. The van der Waals surface area contributed by atoms with Crippen molar-refractivity contribution in [1.29, 1.82) is 5.26 Å². The highest BCUT2D eigenvalue weighted by molar-refractivity contribution is 5.91. The smallest absolute Gasteiger partial charge is 0.337 e. The molecule has 0 aliphatic carbocycles. The first-order chi connectivity index (χ1) is 6.60. The molecule has 0 aromatic heterocycles. The van der Waals surface area contributed by atoms with Crippen molar-refractivity contribution in [3.05, 3.63) is 28.8 Å². The monoisotopic (exact) mass is 190 g/mol. The van der Waals surface area contributed by atoms with Gasteiger partial charge in [0.2, 0.25) is 0 Å². The van der Waals surface area contributed by atoms with Crippen LogP contribution in [0, 0.1) is 18.3 Å². The van der Waals surface area contributed by atoms with Gasteiger partial charge < -0.3 is 10.5 Å². The molecule has 4 nitrogen and oxygen atoms in total. The average molecular weight is 190 g/mol. The fraction of sp³-hybridized carbons (Fsp3) is 0.200. The van der Waals surface area contributed by atoms with Gasteiger partial charge in [-0.05, 0) is 24.6 Å². The second-order valence-corrected chi connectivity index (χ2v) is 2.86. The van der Waals surface area contributed by atoms with Gasteiger partial charge in [0.1, 0.15) is 6.07 Å². The highest BCUT2D eigenvalue weighted by Crippen LogP contribution is 2.19. The van der Waals surface area contributed by atoms with E-state index in [0.717, 1.165) is 0 Å². The maximum atomic E-state index is 11.2. The number of hydrogen-bond acceptors (Lipinski definition) is 4. The highest BCUT2D eigenvalue weighted by atomic mass is 16.5. The zero-order chi connectivity index (χ0) is 10.7. The van der Waals surface area contributed by atoms with E-state index in [4.69, 9.17) is 11.0 Å². The Bertz CT molecular complexity index is 419. The van der Waals surface area contributed by atoms with Crippen LogP contribution in [0.25, 0.3) is 0 Å². The van der Waals surface area contributed by atoms with Gasteiger partial charge in [0.25, 0.3) is 0 Å². The van der Waals surface area contributed by atoms with Crippen molar-refractivity contribution >= 4 is 11.7 Å². The number of nitriles is 1. The van der Waals surface area contributed by atoms with Gasteiger partial charge in [0, 0.05) is 0 Å². The van der Waals surface area contributed by atoms with Crippen LogP contribution >= 0.6 is 0 Å². The second kappa shape index (κ2) is 3.79. The standard InChI is InChI=1S/C10H10N2O2/c1-6-3-7(10(13)14-2)4-8(5-11)9(6)12/h3-4H,12H2,1-2H3. The minimum absolute atomic E-state index is 0.297. The minimum Gasteiger partial charge on any atom is -0.465 e. The van der Waals surface area contributed by atoms with E-state index in [-0.39, 0.29) is 0 Å². The number of esters is 1. The van der Waals surface area contributed by atoms with Crippen molar-refractivity contribution in [2.75, 3.05) is 12.8 Å².